The Morgan fingerprint density at radius 1 is 1.31 bits per heavy atom. The van der Waals surface area contributed by atoms with Crippen molar-refractivity contribution in [1.29, 1.82) is 0 Å². The van der Waals surface area contributed by atoms with Crippen molar-refractivity contribution in [3.8, 4) is 5.75 Å². The van der Waals surface area contributed by atoms with Gasteiger partial charge in [-0.15, -0.1) is 0 Å². The molecule has 0 aliphatic carbocycles. The minimum atomic E-state index is 0.0555. The average Bonchev–Trinajstić information content (AvgIpc) is 2.29. The molecule has 0 aliphatic heterocycles. The second-order valence-corrected chi connectivity index (χ2v) is 3.82. The zero-order chi connectivity index (χ0) is 12.1. The highest BCUT2D eigenvalue weighted by molar-refractivity contribution is 5.97. The van der Waals surface area contributed by atoms with Crippen LogP contribution in [0.5, 0.6) is 5.75 Å². The Morgan fingerprint density at radius 3 is 2.56 bits per heavy atom. The molecule has 1 aromatic carbocycles. The maximum Gasteiger partial charge on any atom is 0.163 e. The number of carbonyl (C=O) groups is 1. The summed E-state index contributed by atoms with van der Waals surface area (Å²) in [5.74, 6) is 0.883. The second kappa shape index (κ2) is 5.66. The molecule has 0 spiro atoms. The fraction of sp³-hybridized carbons (Fsp3) is 0.462. The van der Waals surface area contributed by atoms with E-state index in [1.807, 2.05) is 19.9 Å². The molecule has 0 radical (unpaired) electrons. The van der Waals surface area contributed by atoms with E-state index in [0.29, 0.717) is 12.8 Å². The summed E-state index contributed by atoms with van der Waals surface area (Å²) < 4.78 is 5.19. The van der Waals surface area contributed by atoms with Crippen LogP contribution >= 0.6 is 0 Å². The van der Waals surface area contributed by atoms with Crippen LogP contribution in [0.2, 0.25) is 0 Å². The molecule has 3 nitrogen and oxygen atoms in total. The predicted octanol–water partition coefficient (Wildman–Crippen LogP) is 2.27. The van der Waals surface area contributed by atoms with Crippen LogP contribution < -0.4 is 4.74 Å². The largest absolute Gasteiger partial charge is 0.496 e. The van der Waals surface area contributed by atoms with Gasteiger partial charge in [0.15, 0.2) is 5.78 Å². The third kappa shape index (κ3) is 2.61. The molecule has 0 aliphatic rings. The lowest BCUT2D eigenvalue weighted by molar-refractivity contribution is 0.0970. The maximum absolute atomic E-state index is 11.8. The lowest BCUT2D eigenvalue weighted by Crippen LogP contribution is -2.05. The van der Waals surface area contributed by atoms with Crippen LogP contribution in [0, 0.1) is 13.8 Å². The first-order valence-electron chi connectivity index (χ1n) is 5.40. The van der Waals surface area contributed by atoms with E-state index in [1.165, 1.54) is 0 Å². The van der Waals surface area contributed by atoms with Crippen molar-refractivity contribution in [2.24, 2.45) is 0 Å². The van der Waals surface area contributed by atoms with E-state index in [2.05, 4.69) is 0 Å². The van der Waals surface area contributed by atoms with Crippen molar-refractivity contribution in [3.05, 3.63) is 28.8 Å². The van der Waals surface area contributed by atoms with Gasteiger partial charge >= 0.3 is 0 Å². The van der Waals surface area contributed by atoms with Gasteiger partial charge in [-0.2, -0.15) is 0 Å². The molecule has 0 unspecified atom stereocenters. The number of ketones is 1. The van der Waals surface area contributed by atoms with Gasteiger partial charge in [-0.25, -0.2) is 0 Å². The number of aliphatic hydroxyl groups excluding tert-OH is 1. The number of Topliss-reactive ketones (excluding diaryl/α,β-unsaturated/α-hetero) is 1. The molecule has 3 heteroatoms. The van der Waals surface area contributed by atoms with E-state index in [-0.39, 0.29) is 12.4 Å². The Bertz CT molecular complexity index is 383. The highest BCUT2D eigenvalue weighted by Crippen LogP contribution is 2.24. The van der Waals surface area contributed by atoms with E-state index < -0.39 is 0 Å². The molecule has 0 bridgehead atoms. The van der Waals surface area contributed by atoms with Crippen LogP contribution in [-0.4, -0.2) is 24.6 Å². The summed E-state index contributed by atoms with van der Waals surface area (Å²) in [6.07, 6.45) is 0.909. The van der Waals surface area contributed by atoms with Crippen LogP contribution in [0.3, 0.4) is 0 Å². The molecule has 1 aromatic rings. The minimum Gasteiger partial charge on any atom is -0.496 e. The van der Waals surface area contributed by atoms with Gasteiger partial charge in [-0.3, -0.25) is 4.79 Å². The van der Waals surface area contributed by atoms with Gasteiger partial charge in [-0.1, -0.05) is 0 Å². The Kier molecular flexibility index (Phi) is 4.50. The van der Waals surface area contributed by atoms with Crippen LogP contribution in [0.15, 0.2) is 12.1 Å². The standard InChI is InChI=1S/C13H18O3/c1-9-10(2)13(16-3)7-6-11(9)12(15)5-4-8-14/h6-7,14H,4-5,8H2,1-3H3. The first kappa shape index (κ1) is 12.7. The number of hydrogen-bond donors (Lipinski definition) is 1. The number of rotatable bonds is 5. The number of hydrogen-bond acceptors (Lipinski definition) is 3. The van der Waals surface area contributed by atoms with Gasteiger partial charge in [0.1, 0.15) is 5.75 Å². The number of ether oxygens (including phenoxy) is 1. The number of aliphatic hydroxyl groups is 1. The Morgan fingerprint density at radius 2 is 2.00 bits per heavy atom. The van der Waals surface area contributed by atoms with E-state index in [0.717, 1.165) is 22.4 Å². The van der Waals surface area contributed by atoms with E-state index in [9.17, 15) is 4.79 Å². The van der Waals surface area contributed by atoms with Gasteiger partial charge in [0, 0.05) is 18.6 Å². The minimum absolute atomic E-state index is 0.0555. The number of carbonyl (C=O) groups excluding carboxylic acids is 1. The second-order valence-electron chi connectivity index (χ2n) is 3.82. The lowest BCUT2D eigenvalue weighted by Gasteiger charge is -2.11. The lowest BCUT2D eigenvalue weighted by atomic mass is 9.97. The van der Waals surface area contributed by atoms with Crippen molar-refractivity contribution in [2.75, 3.05) is 13.7 Å². The number of benzene rings is 1. The molecule has 88 valence electrons. The maximum atomic E-state index is 11.8. The molecule has 0 heterocycles. The average molecular weight is 222 g/mol. The molecule has 0 amide bonds. The zero-order valence-electron chi connectivity index (χ0n) is 10.0. The number of methoxy groups -OCH3 is 1. The fourth-order valence-electron chi connectivity index (χ4n) is 1.69. The summed E-state index contributed by atoms with van der Waals surface area (Å²) in [7, 11) is 1.62. The summed E-state index contributed by atoms with van der Waals surface area (Å²) in [5.41, 5.74) is 2.69. The van der Waals surface area contributed by atoms with Crippen molar-refractivity contribution >= 4 is 5.78 Å². The Balaban J connectivity index is 2.98. The summed E-state index contributed by atoms with van der Waals surface area (Å²) in [6, 6.07) is 3.61. The first-order valence-corrected chi connectivity index (χ1v) is 5.40. The highest BCUT2D eigenvalue weighted by atomic mass is 16.5. The molecule has 16 heavy (non-hydrogen) atoms. The van der Waals surface area contributed by atoms with Crippen molar-refractivity contribution in [2.45, 2.75) is 26.7 Å². The van der Waals surface area contributed by atoms with Gasteiger partial charge in [0.2, 0.25) is 0 Å². The third-order valence-electron chi connectivity index (χ3n) is 2.82. The summed E-state index contributed by atoms with van der Waals surface area (Å²) in [5, 5.41) is 8.70. The van der Waals surface area contributed by atoms with E-state index >= 15 is 0 Å². The molecular formula is C13H18O3. The Hall–Kier alpha value is -1.35. The van der Waals surface area contributed by atoms with Crippen molar-refractivity contribution < 1.29 is 14.6 Å². The molecule has 0 aromatic heterocycles. The summed E-state index contributed by atoms with van der Waals surface area (Å²) >= 11 is 0. The van der Waals surface area contributed by atoms with Crippen LogP contribution in [0.1, 0.15) is 34.3 Å². The molecule has 0 fully saturated rings. The van der Waals surface area contributed by atoms with Gasteiger partial charge < -0.3 is 9.84 Å². The monoisotopic (exact) mass is 222 g/mol. The molecule has 1 N–H and O–H groups in total. The molecule has 0 saturated heterocycles. The highest BCUT2D eigenvalue weighted by Gasteiger charge is 2.12. The molecule has 0 atom stereocenters. The normalized spacial score (nSPS) is 10.2. The Labute approximate surface area is 96.1 Å². The summed E-state index contributed by atoms with van der Waals surface area (Å²) in [4.78, 5) is 11.8. The topological polar surface area (TPSA) is 46.5 Å². The van der Waals surface area contributed by atoms with Crippen LogP contribution in [0.4, 0.5) is 0 Å². The molecule has 0 saturated carbocycles. The first-order chi connectivity index (χ1) is 7.61. The van der Waals surface area contributed by atoms with Gasteiger partial charge in [0.25, 0.3) is 0 Å². The van der Waals surface area contributed by atoms with Gasteiger partial charge in [-0.05, 0) is 43.5 Å². The van der Waals surface area contributed by atoms with Crippen molar-refractivity contribution in [3.63, 3.8) is 0 Å². The molecular weight excluding hydrogens is 204 g/mol. The zero-order valence-corrected chi connectivity index (χ0v) is 10.0. The van der Waals surface area contributed by atoms with E-state index in [4.69, 9.17) is 9.84 Å². The summed E-state index contributed by atoms with van der Waals surface area (Å²) in [6.45, 7) is 3.92. The van der Waals surface area contributed by atoms with E-state index in [1.54, 1.807) is 13.2 Å². The third-order valence-corrected chi connectivity index (χ3v) is 2.82. The quantitative estimate of drug-likeness (QED) is 0.777. The van der Waals surface area contributed by atoms with Crippen molar-refractivity contribution in [1.82, 2.24) is 0 Å². The fourth-order valence-corrected chi connectivity index (χ4v) is 1.69. The predicted molar refractivity (Wildman–Crippen MR) is 63.1 cm³/mol. The van der Waals surface area contributed by atoms with Crippen LogP contribution in [0.25, 0.3) is 0 Å². The smallest absolute Gasteiger partial charge is 0.163 e. The van der Waals surface area contributed by atoms with Gasteiger partial charge in [0.05, 0.1) is 7.11 Å². The molecule has 1 rings (SSSR count). The SMILES string of the molecule is COc1ccc(C(=O)CCCO)c(C)c1C. The van der Waals surface area contributed by atoms with Crippen LogP contribution in [-0.2, 0) is 0 Å².